The number of unbranched alkanes of at least 4 members (excludes halogenated alkanes) is 22. The van der Waals surface area contributed by atoms with Gasteiger partial charge in [-0.05, 0) is 51.4 Å². The molecule has 61 heavy (non-hydrogen) atoms. The second-order valence-electron chi connectivity index (χ2n) is 16.6. The number of esters is 2. The number of hydrogen-bond donors (Lipinski definition) is 3. The van der Waals surface area contributed by atoms with Gasteiger partial charge in [-0.15, -0.1) is 0 Å². The Morgan fingerprint density at radius 1 is 0.590 bits per heavy atom. The number of hydrogen-bond acceptors (Lipinski definition) is 10. The van der Waals surface area contributed by atoms with Crippen LogP contribution in [0.5, 0.6) is 0 Å². The van der Waals surface area contributed by atoms with Crippen LogP contribution in [0.1, 0.15) is 206 Å². The normalized spacial score (nSPS) is 17.2. The highest BCUT2D eigenvalue weighted by atomic mass is 31.2. The standard InChI is InChI=1S/C48H86NO11P/c1-3-5-7-9-11-12-13-14-15-16-17-18-19-20-21-22-25-30-34-38-47(51)59-42(40-57-61(54,55)58-41-43(49)48(52)53)39-56-46(50)37-33-29-26-23-24-28-32-36-45-44(60-45)35-31-27-10-8-6-4-2/h23,26-28,31-32,42-45H,3-22,24-25,29-30,33-41,49H2,1-2H3,(H,52,53)(H,54,55)/b26-23-,31-27-,32-28-/t42-,43+,44?,45?/m1/s1. The van der Waals surface area contributed by atoms with E-state index in [1.807, 2.05) is 6.08 Å². The molecule has 0 amide bonds. The van der Waals surface area contributed by atoms with Crippen LogP contribution in [0.2, 0.25) is 0 Å². The lowest BCUT2D eigenvalue weighted by Crippen LogP contribution is -2.34. The van der Waals surface area contributed by atoms with Gasteiger partial charge >= 0.3 is 25.7 Å². The predicted octanol–water partition coefficient (Wildman–Crippen LogP) is 12.2. The van der Waals surface area contributed by atoms with Gasteiger partial charge < -0.3 is 29.9 Å². The molecule has 0 radical (unpaired) electrons. The highest BCUT2D eigenvalue weighted by molar-refractivity contribution is 7.47. The molecule has 0 aliphatic carbocycles. The van der Waals surface area contributed by atoms with E-state index in [0.29, 0.717) is 31.5 Å². The highest BCUT2D eigenvalue weighted by Crippen LogP contribution is 2.43. The van der Waals surface area contributed by atoms with Crippen molar-refractivity contribution in [1.82, 2.24) is 0 Å². The van der Waals surface area contributed by atoms with Gasteiger partial charge in [-0.3, -0.25) is 23.4 Å². The van der Waals surface area contributed by atoms with Crippen molar-refractivity contribution in [2.75, 3.05) is 19.8 Å². The number of carbonyl (C=O) groups is 3. The summed E-state index contributed by atoms with van der Waals surface area (Å²) >= 11 is 0. The lowest BCUT2D eigenvalue weighted by Gasteiger charge is -2.20. The molecule has 354 valence electrons. The van der Waals surface area contributed by atoms with Crippen molar-refractivity contribution in [1.29, 1.82) is 0 Å². The number of aliphatic carboxylic acids is 1. The number of rotatable bonds is 44. The minimum absolute atomic E-state index is 0.142. The van der Waals surface area contributed by atoms with Crippen molar-refractivity contribution in [3.05, 3.63) is 36.5 Å². The van der Waals surface area contributed by atoms with Gasteiger partial charge in [-0.25, -0.2) is 4.57 Å². The summed E-state index contributed by atoms with van der Waals surface area (Å²) in [4.78, 5) is 46.1. The Labute approximate surface area is 369 Å². The summed E-state index contributed by atoms with van der Waals surface area (Å²) in [5.41, 5.74) is 5.34. The molecule has 12 nitrogen and oxygen atoms in total. The van der Waals surface area contributed by atoms with Gasteiger partial charge in [0.1, 0.15) is 12.6 Å². The number of phosphoric ester groups is 1. The second-order valence-corrected chi connectivity index (χ2v) is 18.1. The first kappa shape index (κ1) is 56.7. The van der Waals surface area contributed by atoms with Crippen LogP contribution in [0.25, 0.3) is 0 Å². The number of allylic oxidation sites excluding steroid dienone is 4. The Kier molecular flexibility index (Phi) is 36.5. The van der Waals surface area contributed by atoms with Crippen LogP contribution in [0.3, 0.4) is 0 Å². The molecule has 1 rings (SSSR count). The van der Waals surface area contributed by atoms with Crippen LogP contribution in [0, 0.1) is 0 Å². The number of phosphoric acid groups is 1. The number of ether oxygens (including phenoxy) is 3. The molecule has 0 saturated carbocycles. The Morgan fingerprint density at radius 3 is 1.59 bits per heavy atom. The molecule has 1 aliphatic rings. The smallest absolute Gasteiger partial charge is 0.472 e. The fourth-order valence-corrected chi connectivity index (χ4v) is 7.64. The molecule has 1 heterocycles. The van der Waals surface area contributed by atoms with Gasteiger partial charge in [0, 0.05) is 12.8 Å². The van der Waals surface area contributed by atoms with Crippen LogP contribution in [-0.2, 0) is 42.2 Å². The molecule has 3 unspecified atom stereocenters. The van der Waals surface area contributed by atoms with Gasteiger partial charge in [0.2, 0.25) is 0 Å². The van der Waals surface area contributed by atoms with Crippen molar-refractivity contribution < 1.29 is 52.2 Å². The molecule has 0 bridgehead atoms. The topological polar surface area (TPSA) is 184 Å². The molecule has 5 atom stereocenters. The van der Waals surface area contributed by atoms with E-state index in [2.05, 4.69) is 48.8 Å². The van der Waals surface area contributed by atoms with E-state index < -0.39 is 51.1 Å². The minimum atomic E-state index is -4.73. The highest BCUT2D eigenvalue weighted by Gasteiger charge is 2.36. The quantitative estimate of drug-likeness (QED) is 0.0173. The van der Waals surface area contributed by atoms with E-state index in [0.717, 1.165) is 44.9 Å². The fraction of sp³-hybridized carbons (Fsp3) is 0.812. The average molecular weight is 884 g/mol. The first-order valence-corrected chi connectivity index (χ1v) is 25.6. The number of carboxylic acids is 1. The molecule has 1 aliphatic heterocycles. The van der Waals surface area contributed by atoms with Crippen molar-refractivity contribution in [3.8, 4) is 0 Å². The van der Waals surface area contributed by atoms with Crippen LogP contribution in [-0.4, -0.2) is 72.1 Å². The zero-order valence-corrected chi connectivity index (χ0v) is 39.1. The molecule has 0 aromatic rings. The third-order valence-electron chi connectivity index (χ3n) is 10.8. The van der Waals surface area contributed by atoms with Gasteiger partial charge in [-0.2, -0.15) is 0 Å². The predicted molar refractivity (Wildman–Crippen MR) is 244 cm³/mol. The van der Waals surface area contributed by atoms with E-state index in [-0.39, 0.29) is 19.4 Å². The van der Waals surface area contributed by atoms with Crippen LogP contribution >= 0.6 is 7.82 Å². The molecule has 13 heteroatoms. The SMILES string of the molecule is CCCCC/C=C\CC1OC1C/C=C\C/C=C\CCCC(=O)OC[C@H](COP(=O)(O)OC[C@H](N)C(=O)O)OC(=O)CCCCCCCCCCCCCCCCCCCCC. The largest absolute Gasteiger partial charge is 0.480 e. The summed E-state index contributed by atoms with van der Waals surface area (Å²) in [5, 5.41) is 8.91. The zero-order valence-electron chi connectivity index (χ0n) is 38.2. The number of carbonyl (C=O) groups excluding carboxylic acids is 2. The monoisotopic (exact) mass is 884 g/mol. The van der Waals surface area contributed by atoms with Crippen molar-refractivity contribution in [2.45, 2.75) is 231 Å². The van der Waals surface area contributed by atoms with Gasteiger partial charge in [-0.1, -0.05) is 179 Å². The molecule has 1 fully saturated rings. The first-order chi connectivity index (χ1) is 29.6. The van der Waals surface area contributed by atoms with E-state index in [9.17, 15) is 23.8 Å². The summed E-state index contributed by atoms with van der Waals surface area (Å²) in [7, 11) is -4.73. The third kappa shape index (κ3) is 36.8. The number of carboxylic acid groups (broad SMARTS) is 1. The molecule has 1 saturated heterocycles. The fourth-order valence-electron chi connectivity index (χ4n) is 6.86. The van der Waals surface area contributed by atoms with Crippen molar-refractivity contribution in [3.63, 3.8) is 0 Å². The van der Waals surface area contributed by atoms with Gasteiger partial charge in [0.25, 0.3) is 0 Å². The van der Waals surface area contributed by atoms with Gasteiger partial charge in [0.05, 0.1) is 25.4 Å². The summed E-state index contributed by atoms with van der Waals surface area (Å²) in [6.45, 7) is 2.74. The molecule has 4 N–H and O–H groups in total. The summed E-state index contributed by atoms with van der Waals surface area (Å²) in [5.74, 6) is -2.45. The maximum atomic E-state index is 12.7. The third-order valence-corrected chi connectivity index (χ3v) is 11.7. The van der Waals surface area contributed by atoms with Crippen LogP contribution in [0.15, 0.2) is 36.5 Å². The van der Waals surface area contributed by atoms with Crippen molar-refractivity contribution in [2.24, 2.45) is 5.73 Å². The van der Waals surface area contributed by atoms with Crippen molar-refractivity contribution >= 4 is 25.7 Å². The lowest BCUT2D eigenvalue weighted by atomic mass is 10.0. The molecule has 0 aromatic heterocycles. The maximum absolute atomic E-state index is 12.7. The number of nitrogens with two attached hydrogens (primary N) is 1. The molecular weight excluding hydrogens is 797 g/mol. The van der Waals surface area contributed by atoms with E-state index in [1.165, 1.54) is 116 Å². The lowest BCUT2D eigenvalue weighted by molar-refractivity contribution is -0.161. The molecular formula is C48H86NO11P. The average Bonchev–Trinajstić information content (AvgIpc) is 3.99. The summed E-state index contributed by atoms with van der Waals surface area (Å²) < 4.78 is 38.5. The van der Waals surface area contributed by atoms with Crippen LogP contribution < -0.4 is 5.73 Å². The Morgan fingerprint density at radius 2 is 1.03 bits per heavy atom. The Hall–Kier alpha value is -2.34. The van der Waals surface area contributed by atoms with E-state index >= 15 is 0 Å². The summed E-state index contributed by atoms with van der Waals surface area (Å²) in [6, 6.07) is -1.53. The Balaban J connectivity index is 2.26. The zero-order chi connectivity index (χ0) is 44.7. The maximum Gasteiger partial charge on any atom is 0.472 e. The number of epoxide rings is 1. The van der Waals surface area contributed by atoms with Gasteiger partial charge in [0.15, 0.2) is 6.10 Å². The van der Waals surface area contributed by atoms with E-state index in [4.69, 9.17) is 29.6 Å². The molecule has 0 spiro atoms. The second kappa shape index (κ2) is 39.3. The minimum Gasteiger partial charge on any atom is -0.480 e. The summed E-state index contributed by atoms with van der Waals surface area (Å²) in [6.07, 6.45) is 45.3. The first-order valence-electron chi connectivity index (χ1n) is 24.1. The molecule has 0 aromatic carbocycles. The van der Waals surface area contributed by atoms with E-state index in [1.54, 1.807) is 0 Å². The Bertz CT molecular complexity index is 1240. The van der Waals surface area contributed by atoms with Crippen LogP contribution in [0.4, 0.5) is 0 Å².